The molecule has 5 rings (SSSR count). The Morgan fingerprint density at radius 1 is 1.00 bits per heavy atom. The van der Waals surface area contributed by atoms with Crippen molar-refractivity contribution in [2.45, 2.75) is 65.0 Å². The van der Waals surface area contributed by atoms with E-state index in [1.807, 2.05) is 6.07 Å². The molecule has 1 N–H and O–H groups in total. The summed E-state index contributed by atoms with van der Waals surface area (Å²) in [5.74, 6) is 2.68. The van der Waals surface area contributed by atoms with E-state index < -0.39 is 0 Å². The Hall–Kier alpha value is -2.99. The molecular formula is C30H35N3. The Morgan fingerprint density at radius 3 is 2.42 bits per heavy atom. The van der Waals surface area contributed by atoms with Crippen molar-refractivity contribution in [3.63, 3.8) is 0 Å². The number of para-hydroxylation sites is 1. The number of amidine groups is 1. The van der Waals surface area contributed by atoms with E-state index in [9.17, 15) is 0 Å². The zero-order chi connectivity index (χ0) is 22.8. The molecule has 2 aliphatic carbocycles. The van der Waals surface area contributed by atoms with Gasteiger partial charge in [0.1, 0.15) is 12.0 Å². The maximum atomic E-state index is 4.94. The molecular weight excluding hydrogens is 402 g/mol. The molecule has 1 aliphatic heterocycles. The Labute approximate surface area is 199 Å². The molecule has 0 amide bonds. The van der Waals surface area contributed by atoms with E-state index in [1.165, 1.54) is 42.5 Å². The van der Waals surface area contributed by atoms with Gasteiger partial charge in [-0.15, -0.1) is 0 Å². The van der Waals surface area contributed by atoms with Crippen LogP contribution in [0.4, 0.5) is 5.69 Å². The largest absolute Gasteiger partial charge is 0.305 e. The smallest absolute Gasteiger partial charge is 0.138 e. The summed E-state index contributed by atoms with van der Waals surface area (Å²) >= 11 is 0. The van der Waals surface area contributed by atoms with E-state index in [2.05, 4.69) is 104 Å². The second-order valence-electron chi connectivity index (χ2n) is 10.7. The minimum atomic E-state index is 0.187. The van der Waals surface area contributed by atoms with Crippen molar-refractivity contribution in [3.8, 4) is 0 Å². The molecule has 3 heteroatoms. The van der Waals surface area contributed by atoms with Crippen LogP contribution in [0.1, 0.15) is 64.4 Å². The fraction of sp³-hybridized carbons (Fsp3) is 0.433. The predicted molar refractivity (Wildman–Crippen MR) is 137 cm³/mol. The third-order valence-electron chi connectivity index (χ3n) is 7.54. The first kappa shape index (κ1) is 21.8. The van der Waals surface area contributed by atoms with Gasteiger partial charge in [0.15, 0.2) is 0 Å². The van der Waals surface area contributed by atoms with Gasteiger partial charge < -0.3 is 4.90 Å². The molecule has 0 bridgehead atoms. The molecule has 0 spiro atoms. The highest BCUT2D eigenvalue weighted by atomic mass is 15.5. The van der Waals surface area contributed by atoms with Gasteiger partial charge in [0.25, 0.3) is 0 Å². The maximum absolute atomic E-state index is 4.94. The Morgan fingerprint density at radius 2 is 1.79 bits per heavy atom. The van der Waals surface area contributed by atoms with Gasteiger partial charge in [-0.05, 0) is 90.8 Å². The lowest BCUT2D eigenvalue weighted by molar-refractivity contribution is 0.265. The SMILES string of the molecule is CC(C)(C)C1=CCC(C2=NNC(C3CCC(c4cc#ccc4)CC3)N2c2ccccc2)C=C1. The molecule has 33 heavy (non-hydrogen) atoms. The van der Waals surface area contributed by atoms with Crippen LogP contribution in [-0.2, 0) is 0 Å². The van der Waals surface area contributed by atoms with Crippen LogP contribution in [0.3, 0.4) is 0 Å². The van der Waals surface area contributed by atoms with Crippen molar-refractivity contribution >= 4 is 11.5 Å². The number of nitrogens with one attached hydrogen (secondary N) is 1. The van der Waals surface area contributed by atoms with Gasteiger partial charge in [0.2, 0.25) is 0 Å². The van der Waals surface area contributed by atoms with Crippen LogP contribution < -0.4 is 10.3 Å². The van der Waals surface area contributed by atoms with Crippen molar-refractivity contribution in [1.82, 2.24) is 5.43 Å². The van der Waals surface area contributed by atoms with Gasteiger partial charge in [0, 0.05) is 11.6 Å². The van der Waals surface area contributed by atoms with Gasteiger partial charge in [-0.1, -0.05) is 69.3 Å². The van der Waals surface area contributed by atoms with E-state index >= 15 is 0 Å². The molecule has 1 heterocycles. The summed E-state index contributed by atoms with van der Waals surface area (Å²) in [5, 5.41) is 4.94. The summed E-state index contributed by atoms with van der Waals surface area (Å²) in [6, 6.07) is 23.3. The van der Waals surface area contributed by atoms with Crippen molar-refractivity contribution < 1.29 is 0 Å². The summed E-state index contributed by atoms with van der Waals surface area (Å²) in [5.41, 5.74) is 7.82. The highest BCUT2D eigenvalue weighted by molar-refractivity contribution is 6.02. The Bertz CT molecular complexity index is 1020. The van der Waals surface area contributed by atoms with Crippen molar-refractivity contribution in [3.05, 3.63) is 90.0 Å². The lowest BCUT2D eigenvalue weighted by Crippen LogP contribution is -2.48. The number of rotatable bonds is 4. The molecule has 170 valence electrons. The molecule has 0 saturated heterocycles. The number of anilines is 1. The van der Waals surface area contributed by atoms with Crippen molar-refractivity contribution in [2.24, 2.45) is 22.4 Å². The molecule has 0 aromatic heterocycles. The number of hydrogen-bond acceptors (Lipinski definition) is 3. The van der Waals surface area contributed by atoms with Gasteiger partial charge in [-0.25, -0.2) is 0 Å². The molecule has 0 radical (unpaired) electrons. The molecule has 3 aliphatic rings. The first-order chi connectivity index (χ1) is 16.0. The number of benzene rings is 1. The van der Waals surface area contributed by atoms with Crippen molar-refractivity contribution in [1.29, 1.82) is 0 Å². The summed E-state index contributed by atoms with van der Waals surface area (Å²) in [6.45, 7) is 6.85. The van der Waals surface area contributed by atoms with E-state index in [4.69, 9.17) is 5.10 Å². The average Bonchev–Trinajstić information content (AvgIpc) is 3.30. The van der Waals surface area contributed by atoms with Gasteiger partial charge in [-0.2, -0.15) is 5.10 Å². The average molecular weight is 438 g/mol. The van der Waals surface area contributed by atoms with Crippen molar-refractivity contribution in [2.75, 3.05) is 4.90 Å². The van der Waals surface area contributed by atoms with Gasteiger partial charge in [0.05, 0.1) is 0 Å². The Kier molecular flexibility index (Phi) is 6.02. The lowest BCUT2D eigenvalue weighted by Gasteiger charge is -2.38. The normalized spacial score (nSPS) is 27.4. The first-order valence-corrected chi connectivity index (χ1v) is 12.4. The standard InChI is InChI=1S/C30H35N3/c1-30(2,3)26-20-18-25(19-21-26)29-32-31-28(33(29)27-12-8-5-9-13-27)24-16-14-23(15-17-24)22-10-6-4-7-11-22/h5-6,8-13,18,20-21,23-25,28,31H,14-17,19H2,1-3H3. The predicted octanol–water partition coefficient (Wildman–Crippen LogP) is 6.86. The zero-order valence-electron chi connectivity index (χ0n) is 20.1. The van der Waals surface area contributed by atoms with Gasteiger partial charge >= 0.3 is 0 Å². The fourth-order valence-corrected chi connectivity index (χ4v) is 5.59. The number of allylic oxidation sites excluding steroid dienone is 3. The topological polar surface area (TPSA) is 27.6 Å². The lowest BCUT2D eigenvalue weighted by atomic mass is 9.77. The molecule has 2 atom stereocenters. The molecule has 2 unspecified atom stereocenters. The fourth-order valence-electron chi connectivity index (χ4n) is 5.59. The van der Waals surface area contributed by atoms with Crippen LogP contribution in [0.5, 0.6) is 0 Å². The third kappa shape index (κ3) is 4.58. The molecule has 2 aromatic rings. The molecule has 1 saturated carbocycles. The second kappa shape index (κ2) is 9.10. The monoisotopic (exact) mass is 437 g/mol. The molecule has 1 fully saturated rings. The third-order valence-corrected chi connectivity index (χ3v) is 7.54. The summed E-state index contributed by atoms with van der Waals surface area (Å²) in [7, 11) is 0. The Balaban J connectivity index is 1.33. The van der Waals surface area contributed by atoms with E-state index in [-0.39, 0.29) is 11.6 Å². The number of hydrazone groups is 1. The molecule has 3 nitrogen and oxygen atoms in total. The van der Waals surface area contributed by atoms with Crippen LogP contribution in [0, 0.1) is 29.4 Å². The summed E-state index contributed by atoms with van der Waals surface area (Å²) in [4.78, 5) is 2.49. The summed E-state index contributed by atoms with van der Waals surface area (Å²) in [6.07, 6.45) is 13.2. The van der Waals surface area contributed by atoms with Crippen LogP contribution in [0.2, 0.25) is 0 Å². The van der Waals surface area contributed by atoms with E-state index in [0.717, 1.165) is 12.3 Å². The minimum absolute atomic E-state index is 0.187. The maximum Gasteiger partial charge on any atom is 0.138 e. The zero-order valence-corrected chi connectivity index (χ0v) is 20.1. The van der Waals surface area contributed by atoms with Crippen LogP contribution in [-0.4, -0.2) is 12.0 Å². The van der Waals surface area contributed by atoms with Crippen LogP contribution >= 0.6 is 0 Å². The van der Waals surface area contributed by atoms with E-state index in [0.29, 0.717) is 17.8 Å². The number of nitrogens with zero attached hydrogens (tertiary/aromatic N) is 2. The van der Waals surface area contributed by atoms with E-state index in [1.54, 1.807) is 0 Å². The molecule has 2 aromatic carbocycles. The first-order valence-electron chi connectivity index (χ1n) is 12.4. The minimum Gasteiger partial charge on any atom is -0.305 e. The van der Waals surface area contributed by atoms with Crippen LogP contribution in [0.15, 0.2) is 77.4 Å². The van der Waals surface area contributed by atoms with Crippen LogP contribution in [0.25, 0.3) is 0 Å². The second-order valence-corrected chi connectivity index (χ2v) is 10.7. The number of hydrogen-bond donors (Lipinski definition) is 1. The summed E-state index contributed by atoms with van der Waals surface area (Å²) < 4.78 is 0. The van der Waals surface area contributed by atoms with Gasteiger partial charge in [-0.3, -0.25) is 5.43 Å². The quantitative estimate of drug-likeness (QED) is 0.566. The highest BCUT2D eigenvalue weighted by Crippen LogP contribution is 2.40. The highest BCUT2D eigenvalue weighted by Gasteiger charge is 2.39.